The fraction of sp³-hybridized carbons (Fsp3) is 0.500. The van der Waals surface area contributed by atoms with Crippen LogP contribution in [-0.2, 0) is 4.79 Å². The van der Waals surface area contributed by atoms with Gasteiger partial charge in [0.15, 0.2) is 0 Å². The molecule has 1 aromatic carbocycles. The van der Waals surface area contributed by atoms with Gasteiger partial charge < -0.3 is 10.6 Å². The van der Waals surface area contributed by atoms with E-state index in [1.54, 1.807) is 0 Å². The van der Waals surface area contributed by atoms with Gasteiger partial charge in [-0.2, -0.15) is 0 Å². The molecular formula is C18H26N2O. The van der Waals surface area contributed by atoms with Gasteiger partial charge in [-0.15, -0.1) is 0 Å². The second-order valence-corrected chi connectivity index (χ2v) is 5.81. The van der Waals surface area contributed by atoms with Crippen LogP contribution in [0.5, 0.6) is 0 Å². The van der Waals surface area contributed by atoms with E-state index in [0.717, 1.165) is 31.5 Å². The van der Waals surface area contributed by atoms with E-state index in [4.69, 9.17) is 0 Å². The summed E-state index contributed by atoms with van der Waals surface area (Å²) in [6.45, 7) is 6.90. The highest BCUT2D eigenvalue weighted by Crippen LogP contribution is 2.27. The number of amides is 1. The summed E-state index contributed by atoms with van der Waals surface area (Å²) < 4.78 is 0. The van der Waals surface area contributed by atoms with Crippen LogP contribution in [0.3, 0.4) is 0 Å². The van der Waals surface area contributed by atoms with Gasteiger partial charge in [-0.1, -0.05) is 62.2 Å². The lowest BCUT2D eigenvalue weighted by Crippen LogP contribution is -2.35. The van der Waals surface area contributed by atoms with E-state index in [-0.39, 0.29) is 11.8 Å². The Kier molecular flexibility index (Phi) is 6.00. The minimum atomic E-state index is -0.0569. The Labute approximate surface area is 127 Å². The first-order chi connectivity index (χ1) is 10.2. The van der Waals surface area contributed by atoms with Crippen molar-refractivity contribution in [2.75, 3.05) is 19.6 Å². The average Bonchev–Trinajstić information content (AvgIpc) is 2.55. The highest BCUT2D eigenvalue weighted by atomic mass is 16.1. The summed E-state index contributed by atoms with van der Waals surface area (Å²) in [5.74, 6) is 0.433. The summed E-state index contributed by atoms with van der Waals surface area (Å²) in [6, 6.07) is 10.1. The molecule has 0 fully saturated rings. The van der Waals surface area contributed by atoms with Crippen molar-refractivity contribution in [2.24, 2.45) is 5.92 Å². The second kappa shape index (κ2) is 7.99. The summed E-state index contributed by atoms with van der Waals surface area (Å²) in [7, 11) is 0. The quantitative estimate of drug-likeness (QED) is 0.790. The van der Waals surface area contributed by atoms with Crippen molar-refractivity contribution in [3.8, 4) is 0 Å². The van der Waals surface area contributed by atoms with Crippen molar-refractivity contribution in [2.45, 2.75) is 32.6 Å². The van der Waals surface area contributed by atoms with E-state index < -0.39 is 0 Å². The van der Waals surface area contributed by atoms with Crippen molar-refractivity contribution < 1.29 is 4.79 Å². The molecule has 0 saturated heterocycles. The maximum absolute atomic E-state index is 12.6. The van der Waals surface area contributed by atoms with Crippen LogP contribution in [0.15, 0.2) is 42.0 Å². The second-order valence-electron chi connectivity index (χ2n) is 5.81. The summed E-state index contributed by atoms with van der Waals surface area (Å²) in [5, 5.41) is 6.42. The SMILES string of the molecule is CCC(C)C(C(=O)NCC1=CCNCC1)c1ccccc1. The van der Waals surface area contributed by atoms with E-state index in [1.165, 1.54) is 5.57 Å². The molecule has 21 heavy (non-hydrogen) atoms. The molecule has 3 nitrogen and oxygen atoms in total. The molecule has 2 rings (SSSR count). The standard InChI is InChI=1S/C18H26N2O/c1-3-14(2)17(16-7-5-4-6-8-16)18(21)20-13-15-9-11-19-12-10-15/h4-9,14,17,19H,3,10-13H2,1-2H3,(H,20,21). The number of hydrogen-bond donors (Lipinski definition) is 2. The molecule has 1 amide bonds. The van der Waals surface area contributed by atoms with Crippen LogP contribution >= 0.6 is 0 Å². The molecule has 1 aliphatic rings. The number of benzene rings is 1. The summed E-state index contributed by atoms with van der Waals surface area (Å²) in [4.78, 5) is 12.6. The van der Waals surface area contributed by atoms with Crippen LogP contribution in [0.2, 0.25) is 0 Å². The minimum Gasteiger partial charge on any atom is -0.352 e. The number of rotatable bonds is 6. The molecule has 2 N–H and O–H groups in total. The highest BCUT2D eigenvalue weighted by Gasteiger charge is 2.25. The van der Waals surface area contributed by atoms with E-state index in [1.807, 2.05) is 18.2 Å². The predicted molar refractivity (Wildman–Crippen MR) is 87.2 cm³/mol. The minimum absolute atomic E-state index is 0.0569. The molecule has 114 valence electrons. The van der Waals surface area contributed by atoms with E-state index in [9.17, 15) is 4.79 Å². The Morgan fingerprint density at radius 2 is 2.10 bits per heavy atom. The summed E-state index contributed by atoms with van der Waals surface area (Å²) >= 11 is 0. The lowest BCUT2D eigenvalue weighted by molar-refractivity contribution is -0.123. The maximum atomic E-state index is 12.6. The van der Waals surface area contributed by atoms with Gasteiger partial charge in [0.1, 0.15) is 0 Å². The Hall–Kier alpha value is -1.61. The van der Waals surface area contributed by atoms with Crippen LogP contribution in [-0.4, -0.2) is 25.5 Å². The van der Waals surface area contributed by atoms with Crippen molar-refractivity contribution in [3.05, 3.63) is 47.5 Å². The number of nitrogens with one attached hydrogen (secondary N) is 2. The van der Waals surface area contributed by atoms with Gasteiger partial charge in [0.05, 0.1) is 5.92 Å². The molecule has 3 heteroatoms. The fourth-order valence-electron chi connectivity index (χ4n) is 2.78. The predicted octanol–water partition coefficient (Wildman–Crippen LogP) is 2.85. The van der Waals surface area contributed by atoms with Crippen LogP contribution in [0, 0.1) is 5.92 Å². The number of carbonyl (C=O) groups excluding carboxylic acids is 1. The molecule has 0 bridgehead atoms. The Morgan fingerprint density at radius 1 is 1.33 bits per heavy atom. The van der Waals surface area contributed by atoms with Crippen molar-refractivity contribution in [3.63, 3.8) is 0 Å². The molecule has 1 aromatic rings. The molecule has 2 atom stereocenters. The van der Waals surface area contributed by atoms with Gasteiger partial charge in [0.25, 0.3) is 0 Å². The third-order valence-electron chi connectivity index (χ3n) is 4.30. The Balaban J connectivity index is 2.02. The third-order valence-corrected chi connectivity index (χ3v) is 4.30. The first kappa shape index (κ1) is 15.8. The van der Waals surface area contributed by atoms with Crippen molar-refractivity contribution >= 4 is 5.91 Å². The van der Waals surface area contributed by atoms with E-state index in [0.29, 0.717) is 12.5 Å². The molecule has 0 saturated carbocycles. The van der Waals surface area contributed by atoms with E-state index in [2.05, 4.69) is 42.7 Å². The lowest BCUT2D eigenvalue weighted by atomic mass is 9.85. The zero-order valence-corrected chi connectivity index (χ0v) is 13.1. The van der Waals surface area contributed by atoms with Crippen LogP contribution in [0.1, 0.15) is 38.2 Å². The van der Waals surface area contributed by atoms with Gasteiger partial charge in [0.2, 0.25) is 5.91 Å². The van der Waals surface area contributed by atoms with Gasteiger partial charge >= 0.3 is 0 Å². The van der Waals surface area contributed by atoms with Crippen LogP contribution < -0.4 is 10.6 Å². The van der Waals surface area contributed by atoms with Gasteiger partial charge in [-0.3, -0.25) is 4.79 Å². The molecule has 1 heterocycles. The van der Waals surface area contributed by atoms with E-state index >= 15 is 0 Å². The average molecular weight is 286 g/mol. The molecular weight excluding hydrogens is 260 g/mol. The lowest BCUT2D eigenvalue weighted by Gasteiger charge is -2.23. The summed E-state index contributed by atoms with van der Waals surface area (Å²) in [6.07, 6.45) is 4.21. The fourth-order valence-corrected chi connectivity index (χ4v) is 2.78. The largest absolute Gasteiger partial charge is 0.352 e. The molecule has 0 aliphatic carbocycles. The topological polar surface area (TPSA) is 41.1 Å². The maximum Gasteiger partial charge on any atom is 0.228 e. The van der Waals surface area contributed by atoms with Crippen molar-refractivity contribution in [1.29, 1.82) is 0 Å². The highest BCUT2D eigenvalue weighted by molar-refractivity contribution is 5.84. The van der Waals surface area contributed by atoms with Gasteiger partial charge in [-0.05, 0) is 24.4 Å². The monoisotopic (exact) mass is 286 g/mol. The Bertz CT molecular complexity index is 481. The Morgan fingerprint density at radius 3 is 2.71 bits per heavy atom. The molecule has 1 aliphatic heterocycles. The van der Waals surface area contributed by atoms with Gasteiger partial charge in [-0.25, -0.2) is 0 Å². The third kappa shape index (κ3) is 4.43. The molecule has 0 aromatic heterocycles. The summed E-state index contributed by atoms with van der Waals surface area (Å²) in [5.41, 5.74) is 2.45. The van der Waals surface area contributed by atoms with Crippen LogP contribution in [0.25, 0.3) is 0 Å². The molecule has 0 radical (unpaired) electrons. The zero-order valence-electron chi connectivity index (χ0n) is 13.1. The number of carbonyl (C=O) groups is 1. The first-order valence-corrected chi connectivity index (χ1v) is 7.93. The normalized spacial score (nSPS) is 17.7. The van der Waals surface area contributed by atoms with Crippen LogP contribution in [0.4, 0.5) is 0 Å². The molecule has 2 unspecified atom stereocenters. The zero-order chi connectivity index (χ0) is 15.1. The van der Waals surface area contributed by atoms with Gasteiger partial charge in [0, 0.05) is 13.1 Å². The molecule has 0 spiro atoms. The smallest absolute Gasteiger partial charge is 0.228 e. The number of hydrogen-bond acceptors (Lipinski definition) is 2. The first-order valence-electron chi connectivity index (χ1n) is 7.93. The van der Waals surface area contributed by atoms with Crippen molar-refractivity contribution in [1.82, 2.24) is 10.6 Å².